The summed E-state index contributed by atoms with van der Waals surface area (Å²) >= 11 is 0. The molecule has 0 aliphatic carbocycles. The molecule has 0 fully saturated rings. The zero-order valence-electron chi connectivity index (χ0n) is 17.0. The van der Waals surface area contributed by atoms with E-state index < -0.39 is 27.7 Å². The molecule has 164 valence electrons. The summed E-state index contributed by atoms with van der Waals surface area (Å²) in [5, 5.41) is 2.66. The molecule has 3 amide bonds. The third kappa shape index (κ3) is 4.04. The molecule has 2 heterocycles. The van der Waals surface area contributed by atoms with Crippen molar-refractivity contribution in [1.29, 1.82) is 0 Å². The highest BCUT2D eigenvalue weighted by Crippen LogP contribution is 2.24. The smallest absolute Gasteiger partial charge is 0.262 e. The van der Waals surface area contributed by atoms with E-state index in [9.17, 15) is 22.8 Å². The molecule has 32 heavy (non-hydrogen) atoms. The van der Waals surface area contributed by atoms with Gasteiger partial charge in [0.1, 0.15) is 5.84 Å². The molecule has 0 aromatic heterocycles. The molecule has 0 saturated carbocycles. The normalized spacial score (nSPS) is 15.4. The summed E-state index contributed by atoms with van der Waals surface area (Å²) in [4.78, 5) is 42.6. The van der Waals surface area contributed by atoms with Crippen LogP contribution in [-0.4, -0.2) is 50.0 Å². The summed E-state index contributed by atoms with van der Waals surface area (Å²) in [5.74, 6) is -0.956. The second-order valence-electron chi connectivity index (χ2n) is 7.29. The van der Waals surface area contributed by atoms with Gasteiger partial charge < -0.3 is 5.32 Å². The van der Waals surface area contributed by atoms with Gasteiger partial charge in [0.15, 0.2) is 0 Å². The fourth-order valence-corrected chi connectivity index (χ4v) is 4.57. The Hall–Kier alpha value is -3.79. The van der Waals surface area contributed by atoms with Crippen molar-refractivity contribution in [2.75, 3.05) is 18.4 Å². The van der Waals surface area contributed by atoms with Crippen molar-refractivity contribution in [2.24, 2.45) is 4.99 Å². The molecule has 0 bridgehead atoms. The van der Waals surface area contributed by atoms with Crippen LogP contribution in [0, 0.1) is 0 Å². The molecule has 0 radical (unpaired) electrons. The predicted molar refractivity (Wildman–Crippen MR) is 118 cm³/mol. The van der Waals surface area contributed by atoms with Crippen LogP contribution in [0.1, 0.15) is 43.9 Å². The second kappa shape index (κ2) is 8.39. The summed E-state index contributed by atoms with van der Waals surface area (Å²) in [6, 6.07) is 9.98. The standard InChI is InChI=1S/C22H20N4O5S/c1-2-12-26-21(28)17-10-5-14(13-18(17)22(26)29)20(27)24-15-6-8-16(9-7-15)32(30,31)25-19-4-3-11-23-19/h2,5-10,13H,1,3-4,11-12H2,(H,23,25)(H,24,27). The topological polar surface area (TPSA) is 125 Å². The van der Waals surface area contributed by atoms with Crippen molar-refractivity contribution >= 4 is 39.3 Å². The average molecular weight is 452 g/mol. The maximum Gasteiger partial charge on any atom is 0.262 e. The van der Waals surface area contributed by atoms with Gasteiger partial charge in [-0.05, 0) is 48.9 Å². The van der Waals surface area contributed by atoms with Crippen LogP contribution < -0.4 is 10.0 Å². The first-order valence-corrected chi connectivity index (χ1v) is 11.4. The molecule has 2 aliphatic rings. The average Bonchev–Trinajstić information content (AvgIpc) is 3.36. The van der Waals surface area contributed by atoms with Gasteiger partial charge in [-0.2, -0.15) is 0 Å². The van der Waals surface area contributed by atoms with Gasteiger partial charge in [-0.1, -0.05) is 6.08 Å². The van der Waals surface area contributed by atoms with Crippen molar-refractivity contribution < 1.29 is 22.8 Å². The van der Waals surface area contributed by atoms with Gasteiger partial charge in [0.25, 0.3) is 27.7 Å². The lowest BCUT2D eigenvalue weighted by Crippen LogP contribution is -2.29. The molecule has 0 atom stereocenters. The molecule has 9 nitrogen and oxygen atoms in total. The number of carbonyl (C=O) groups is 3. The van der Waals surface area contributed by atoms with Gasteiger partial charge in [-0.3, -0.25) is 29.0 Å². The van der Waals surface area contributed by atoms with E-state index in [0.29, 0.717) is 24.5 Å². The van der Waals surface area contributed by atoms with Crippen LogP contribution in [0.25, 0.3) is 0 Å². The van der Waals surface area contributed by atoms with E-state index >= 15 is 0 Å². The summed E-state index contributed by atoms with van der Waals surface area (Å²) in [5.41, 5.74) is 0.973. The Bertz CT molecular complexity index is 1270. The highest BCUT2D eigenvalue weighted by atomic mass is 32.2. The second-order valence-corrected chi connectivity index (χ2v) is 8.97. The number of imide groups is 1. The van der Waals surface area contributed by atoms with Crippen LogP contribution >= 0.6 is 0 Å². The summed E-state index contributed by atoms with van der Waals surface area (Å²) in [7, 11) is -3.74. The highest BCUT2D eigenvalue weighted by Gasteiger charge is 2.35. The number of amides is 3. The molecular weight excluding hydrogens is 432 g/mol. The van der Waals surface area contributed by atoms with Crippen LogP contribution in [0.4, 0.5) is 5.69 Å². The number of carbonyl (C=O) groups excluding carboxylic acids is 3. The first-order chi connectivity index (χ1) is 15.3. The summed E-state index contributed by atoms with van der Waals surface area (Å²) < 4.78 is 27.3. The number of amidine groups is 1. The largest absolute Gasteiger partial charge is 0.322 e. The molecule has 0 spiro atoms. The van der Waals surface area contributed by atoms with Crippen molar-refractivity contribution in [2.45, 2.75) is 17.7 Å². The molecule has 2 aliphatic heterocycles. The fourth-order valence-electron chi connectivity index (χ4n) is 3.48. The Morgan fingerprint density at radius 1 is 1.09 bits per heavy atom. The first kappa shape index (κ1) is 21.4. The lowest BCUT2D eigenvalue weighted by molar-refractivity contribution is 0.0672. The number of hydrogen-bond donors (Lipinski definition) is 2. The molecule has 2 aromatic rings. The van der Waals surface area contributed by atoms with Crippen LogP contribution in [-0.2, 0) is 10.0 Å². The van der Waals surface area contributed by atoms with Crippen LogP contribution in [0.15, 0.2) is 65.0 Å². The van der Waals surface area contributed by atoms with E-state index in [1.165, 1.54) is 48.5 Å². The van der Waals surface area contributed by atoms with Crippen LogP contribution in [0.2, 0.25) is 0 Å². The fraction of sp³-hybridized carbons (Fsp3) is 0.182. The lowest BCUT2D eigenvalue weighted by atomic mass is 10.1. The van der Waals surface area contributed by atoms with Crippen molar-refractivity contribution in [3.05, 3.63) is 71.8 Å². The minimum Gasteiger partial charge on any atom is -0.322 e. The van der Waals surface area contributed by atoms with Crippen LogP contribution in [0.3, 0.4) is 0 Å². The summed E-state index contributed by atoms with van der Waals surface area (Å²) in [6.45, 7) is 4.23. The quantitative estimate of drug-likeness (QED) is 0.513. The van der Waals surface area contributed by atoms with Crippen molar-refractivity contribution in [3.63, 3.8) is 0 Å². The van der Waals surface area contributed by atoms with Gasteiger partial charge in [0, 0.05) is 30.8 Å². The highest BCUT2D eigenvalue weighted by molar-refractivity contribution is 7.90. The first-order valence-electron chi connectivity index (χ1n) is 9.89. The Balaban J connectivity index is 1.48. The third-order valence-electron chi connectivity index (χ3n) is 5.09. The monoisotopic (exact) mass is 452 g/mol. The molecule has 2 aromatic carbocycles. The Morgan fingerprint density at radius 2 is 1.81 bits per heavy atom. The lowest BCUT2D eigenvalue weighted by Gasteiger charge is -2.10. The zero-order valence-corrected chi connectivity index (χ0v) is 17.8. The molecule has 2 N–H and O–H groups in total. The predicted octanol–water partition coefficient (Wildman–Crippen LogP) is 2.19. The Morgan fingerprint density at radius 3 is 2.47 bits per heavy atom. The zero-order chi connectivity index (χ0) is 22.9. The van der Waals surface area contributed by atoms with E-state index in [0.717, 1.165) is 11.3 Å². The number of nitrogens with one attached hydrogen (secondary N) is 2. The van der Waals surface area contributed by atoms with Gasteiger partial charge in [0.05, 0.1) is 16.0 Å². The summed E-state index contributed by atoms with van der Waals surface area (Å²) in [6.07, 6.45) is 2.86. The molecule has 10 heteroatoms. The van der Waals surface area contributed by atoms with E-state index in [2.05, 4.69) is 21.6 Å². The third-order valence-corrected chi connectivity index (χ3v) is 6.49. The van der Waals surface area contributed by atoms with E-state index in [1.807, 2.05) is 0 Å². The van der Waals surface area contributed by atoms with E-state index in [-0.39, 0.29) is 28.1 Å². The SMILES string of the molecule is C=CCN1C(=O)c2ccc(C(=O)Nc3ccc(S(=O)(=O)NC4=NCCC4)cc3)cc2C1=O. The van der Waals surface area contributed by atoms with Gasteiger partial charge in [0.2, 0.25) is 0 Å². The Kier molecular flexibility index (Phi) is 5.62. The molecular formula is C22H20N4O5S. The van der Waals surface area contributed by atoms with E-state index in [1.54, 1.807) is 0 Å². The van der Waals surface area contributed by atoms with Crippen molar-refractivity contribution in [3.8, 4) is 0 Å². The maximum absolute atomic E-state index is 12.6. The number of sulfonamides is 1. The van der Waals surface area contributed by atoms with Gasteiger partial charge in [-0.15, -0.1) is 6.58 Å². The number of nitrogens with zero attached hydrogens (tertiary/aromatic N) is 2. The minimum atomic E-state index is -3.74. The number of benzene rings is 2. The molecule has 0 saturated heterocycles. The van der Waals surface area contributed by atoms with Gasteiger partial charge in [-0.25, -0.2) is 8.42 Å². The number of fused-ring (bicyclic) bond motifs is 1. The van der Waals surface area contributed by atoms with Crippen LogP contribution in [0.5, 0.6) is 0 Å². The minimum absolute atomic E-state index is 0.0500. The number of anilines is 1. The van der Waals surface area contributed by atoms with Gasteiger partial charge >= 0.3 is 0 Å². The Labute approximate surface area is 184 Å². The number of hydrogen-bond acceptors (Lipinski definition) is 6. The molecule has 4 rings (SSSR count). The van der Waals surface area contributed by atoms with E-state index in [4.69, 9.17) is 0 Å². The maximum atomic E-state index is 12.6. The van der Waals surface area contributed by atoms with Crippen molar-refractivity contribution in [1.82, 2.24) is 9.62 Å². The number of rotatable bonds is 6. The molecule has 0 unspecified atom stereocenters. The number of aliphatic imine (C=N–C) groups is 1.